The van der Waals surface area contributed by atoms with Crippen LogP contribution in [0.15, 0.2) is 90.0 Å². The molecular formula is C29H33N3O4S. The molecule has 0 bridgehead atoms. The van der Waals surface area contributed by atoms with Crippen LogP contribution in [0.5, 0.6) is 5.75 Å². The van der Waals surface area contributed by atoms with Gasteiger partial charge in [-0.15, -0.1) is 0 Å². The molecule has 0 atom stereocenters. The molecule has 0 spiro atoms. The number of H-pyrrole nitrogens is 1. The molecule has 1 heterocycles. The highest BCUT2D eigenvalue weighted by Gasteiger charge is 2.31. The molecule has 4 rings (SSSR count). The Hall–Kier alpha value is -3.62. The summed E-state index contributed by atoms with van der Waals surface area (Å²) in [6.45, 7) is 4.05. The fraction of sp³-hybridized carbons (Fsp3) is 0.276. The summed E-state index contributed by atoms with van der Waals surface area (Å²) in [5.41, 5.74) is 3.00. The molecule has 1 aromatic heterocycles. The number of amides is 1. The average Bonchev–Trinajstić information content (AvgIpc) is 3.33. The van der Waals surface area contributed by atoms with Gasteiger partial charge in [0, 0.05) is 41.8 Å². The summed E-state index contributed by atoms with van der Waals surface area (Å²) in [5.74, 6) is 0.420. The molecule has 1 N–H and O–H groups in total. The number of fused-ring (bicyclic) bond motifs is 1. The number of ether oxygens (including phenoxy) is 1. The number of nitrogens with one attached hydrogen (secondary N) is 1. The van der Waals surface area contributed by atoms with E-state index in [0.29, 0.717) is 25.3 Å². The van der Waals surface area contributed by atoms with Crippen LogP contribution in [0.4, 0.5) is 0 Å². The monoisotopic (exact) mass is 519 g/mol. The highest BCUT2D eigenvalue weighted by atomic mass is 32.2. The van der Waals surface area contributed by atoms with E-state index in [2.05, 4.69) is 11.1 Å². The van der Waals surface area contributed by atoms with Crippen molar-refractivity contribution in [2.75, 3.05) is 20.2 Å². The molecule has 0 saturated heterocycles. The summed E-state index contributed by atoms with van der Waals surface area (Å²) < 4.78 is 33.6. The van der Waals surface area contributed by atoms with Crippen molar-refractivity contribution in [3.05, 3.63) is 96.2 Å². The molecule has 7 nitrogen and oxygen atoms in total. The van der Waals surface area contributed by atoms with Crippen molar-refractivity contribution in [2.24, 2.45) is 0 Å². The number of aromatic amines is 1. The average molecular weight is 520 g/mol. The number of sulfonamides is 1. The maximum absolute atomic E-state index is 13.7. The molecule has 4 aromatic rings. The predicted molar refractivity (Wildman–Crippen MR) is 146 cm³/mol. The predicted octanol–water partition coefficient (Wildman–Crippen LogP) is 4.85. The van der Waals surface area contributed by atoms with Gasteiger partial charge in [-0.1, -0.05) is 54.6 Å². The van der Waals surface area contributed by atoms with E-state index in [0.717, 1.165) is 22.0 Å². The van der Waals surface area contributed by atoms with Gasteiger partial charge in [-0.25, -0.2) is 8.42 Å². The third-order valence-corrected chi connectivity index (χ3v) is 8.49. The Kier molecular flexibility index (Phi) is 8.31. The first-order valence-electron chi connectivity index (χ1n) is 12.3. The molecule has 0 unspecified atom stereocenters. The van der Waals surface area contributed by atoms with Crippen LogP contribution < -0.4 is 4.74 Å². The van der Waals surface area contributed by atoms with Crippen LogP contribution in [0.1, 0.15) is 25.0 Å². The zero-order chi connectivity index (χ0) is 26.4. The molecule has 3 aromatic carbocycles. The molecule has 0 saturated carbocycles. The second kappa shape index (κ2) is 11.6. The van der Waals surface area contributed by atoms with E-state index in [1.165, 1.54) is 4.31 Å². The van der Waals surface area contributed by atoms with Gasteiger partial charge in [0.2, 0.25) is 15.9 Å². The summed E-state index contributed by atoms with van der Waals surface area (Å²) in [7, 11) is -2.24. The van der Waals surface area contributed by atoms with Crippen LogP contribution >= 0.6 is 0 Å². The van der Waals surface area contributed by atoms with Crippen LogP contribution in [0, 0.1) is 0 Å². The SMILES string of the molecule is COc1ccccc1CN(CCc1c[nH]c2ccccc12)C(=O)CN(C(C)C)S(=O)(=O)c1ccccc1. The zero-order valence-corrected chi connectivity index (χ0v) is 22.2. The van der Waals surface area contributed by atoms with Gasteiger partial charge in [0.25, 0.3) is 0 Å². The van der Waals surface area contributed by atoms with Gasteiger partial charge in [0.05, 0.1) is 18.6 Å². The number of benzene rings is 3. The minimum Gasteiger partial charge on any atom is -0.496 e. The first-order valence-corrected chi connectivity index (χ1v) is 13.8. The smallest absolute Gasteiger partial charge is 0.243 e. The van der Waals surface area contributed by atoms with Crippen molar-refractivity contribution in [1.29, 1.82) is 0 Å². The van der Waals surface area contributed by atoms with E-state index in [1.807, 2.05) is 48.7 Å². The van der Waals surface area contributed by atoms with Crippen molar-refractivity contribution in [3.8, 4) is 5.75 Å². The first-order chi connectivity index (χ1) is 17.8. The minimum absolute atomic E-state index is 0.173. The standard InChI is InChI=1S/C29H33N3O4S/c1-22(2)32(37(34,35)25-12-5-4-6-13-25)21-29(33)31(20-24-11-7-10-16-28(24)36-3)18-17-23-19-30-27-15-9-8-14-26(23)27/h4-16,19,22,30H,17-18,20-21H2,1-3H3. The molecule has 0 aliphatic heterocycles. The topological polar surface area (TPSA) is 82.7 Å². The Labute approximate surface area is 218 Å². The number of hydrogen-bond acceptors (Lipinski definition) is 4. The van der Waals surface area contributed by atoms with Gasteiger partial charge < -0.3 is 14.6 Å². The number of para-hydroxylation sites is 2. The Bertz CT molecular complexity index is 1450. The summed E-state index contributed by atoms with van der Waals surface area (Å²) in [4.78, 5) is 18.9. The molecule has 1 amide bonds. The first kappa shape index (κ1) is 26.4. The van der Waals surface area contributed by atoms with Gasteiger partial charge in [-0.05, 0) is 50.1 Å². The van der Waals surface area contributed by atoms with Crippen molar-refractivity contribution in [2.45, 2.75) is 37.8 Å². The number of rotatable bonds is 11. The van der Waals surface area contributed by atoms with Crippen LogP contribution in [0.3, 0.4) is 0 Å². The second-order valence-corrected chi connectivity index (χ2v) is 11.1. The maximum Gasteiger partial charge on any atom is 0.243 e. The number of carbonyl (C=O) groups excluding carboxylic acids is 1. The highest BCUT2D eigenvalue weighted by molar-refractivity contribution is 7.89. The third-order valence-electron chi connectivity index (χ3n) is 6.45. The number of carbonyl (C=O) groups is 1. The van der Waals surface area contributed by atoms with Crippen molar-refractivity contribution < 1.29 is 17.9 Å². The third kappa shape index (κ3) is 6.03. The summed E-state index contributed by atoms with van der Waals surface area (Å²) in [6.07, 6.45) is 2.59. The number of methoxy groups -OCH3 is 1. The van der Waals surface area contributed by atoms with Gasteiger partial charge in [0.1, 0.15) is 5.75 Å². The Balaban J connectivity index is 1.61. The second-order valence-electron chi connectivity index (χ2n) is 9.19. The highest BCUT2D eigenvalue weighted by Crippen LogP contribution is 2.23. The molecule has 0 fully saturated rings. The lowest BCUT2D eigenvalue weighted by atomic mass is 10.1. The molecular weight excluding hydrogens is 486 g/mol. The zero-order valence-electron chi connectivity index (χ0n) is 21.4. The quantitative estimate of drug-likeness (QED) is 0.307. The van der Waals surface area contributed by atoms with Gasteiger partial charge in [0.15, 0.2) is 0 Å². The van der Waals surface area contributed by atoms with Gasteiger partial charge in [-0.3, -0.25) is 4.79 Å². The Morgan fingerprint density at radius 2 is 1.59 bits per heavy atom. The summed E-state index contributed by atoms with van der Waals surface area (Å²) in [6, 6.07) is 23.5. The molecule has 194 valence electrons. The summed E-state index contributed by atoms with van der Waals surface area (Å²) >= 11 is 0. The molecule has 8 heteroatoms. The van der Waals surface area contributed by atoms with E-state index >= 15 is 0 Å². The molecule has 37 heavy (non-hydrogen) atoms. The lowest BCUT2D eigenvalue weighted by Gasteiger charge is -2.30. The minimum atomic E-state index is -3.85. The molecule has 0 radical (unpaired) electrons. The molecule has 0 aliphatic rings. The van der Waals surface area contributed by atoms with E-state index in [-0.39, 0.29) is 17.3 Å². The van der Waals surface area contributed by atoms with E-state index in [9.17, 15) is 13.2 Å². The van der Waals surface area contributed by atoms with Gasteiger partial charge >= 0.3 is 0 Å². The lowest BCUT2D eigenvalue weighted by Crippen LogP contribution is -2.46. The van der Waals surface area contributed by atoms with Gasteiger partial charge in [-0.2, -0.15) is 4.31 Å². The van der Waals surface area contributed by atoms with Crippen molar-refractivity contribution in [3.63, 3.8) is 0 Å². The largest absolute Gasteiger partial charge is 0.496 e. The van der Waals surface area contributed by atoms with Crippen LogP contribution in [0.25, 0.3) is 10.9 Å². The van der Waals surface area contributed by atoms with Crippen molar-refractivity contribution in [1.82, 2.24) is 14.2 Å². The van der Waals surface area contributed by atoms with Crippen LogP contribution in [-0.4, -0.2) is 54.8 Å². The maximum atomic E-state index is 13.7. The Morgan fingerprint density at radius 3 is 2.32 bits per heavy atom. The number of aromatic nitrogens is 1. The fourth-order valence-electron chi connectivity index (χ4n) is 4.43. The lowest BCUT2D eigenvalue weighted by molar-refractivity contribution is -0.132. The van der Waals surface area contributed by atoms with E-state index in [4.69, 9.17) is 4.74 Å². The van der Waals surface area contributed by atoms with E-state index < -0.39 is 16.1 Å². The Morgan fingerprint density at radius 1 is 0.919 bits per heavy atom. The van der Waals surface area contributed by atoms with Crippen molar-refractivity contribution >= 4 is 26.8 Å². The van der Waals surface area contributed by atoms with E-state index in [1.54, 1.807) is 56.2 Å². The summed E-state index contributed by atoms with van der Waals surface area (Å²) in [5, 5.41) is 1.11. The van der Waals surface area contributed by atoms with Crippen LogP contribution in [0.2, 0.25) is 0 Å². The molecule has 0 aliphatic carbocycles. The number of nitrogens with zero attached hydrogens (tertiary/aromatic N) is 2. The number of hydrogen-bond donors (Lipinski definition) is 1. The van der Waals surface area contributed by atoms with Crippen LogP contribution in [-0.2, 0) is 27.8 Å². The fourth-order valence-corrected chi connectivity index (χ4v) is 6.04. The normalized spacial score (nSPS) is 11.8.